The molecule has 1 N–H and O–H groups in total. The molecule has 1 heterocycles. The summed E-state index contributed by atoms with van der Waals surface area (Å²) in [6.07, 6.45) is 1.47. The summed E-state index contributed by atoms with van der Waals surface area (Å²) in [6.45, 7) is 0. The Labute approximate surface area is 156 Å². The average molecular weight is 352 g/mol. The monoisotopic (exact) mass is 352 g/mol. The molecule has 4 rings (SSSR count). The molecule has 0 saturated heterocycles. The van der Waals surface area contributed by atoms with Crippen LogP contribution in [0.5, 0.6) is 0 Å². The van der Waals surface area contributed by atoms with E-state index in [1.807, 2.05) is 72.8 Å². The molecule has 27 heavy (non-hydrogen) atoms. The van der Waals surface area contributed by atoms with E-state index in [1.165, 1.54) is 6.33 Å². The summed E-state index contributed by atoms with van der Waals surface area (Å²) in [4.78, 5) is 21.5. The van der Waals surface area contributed by atoms with Crippen molar-refractivity contribution in [3.8, 4) is 0 Å². The average Bonchev–Trinajstić information content (AvgIpc) is 2.75. The standard InChI is InChI=1S/C22H16N4O/c27-21(17-11-5-2-6-12-17)20(16-9-3-1-4-10-16)25-26-22-18-13-7-8-14-19(18)23-15-24-22/h1-15H,(H,23,24,26). The first-order valence-corrected chi connectivity index (χ1v) is 8.51. The van der Waals surface area contributed by atoms with E-state index in [2.05, 4.69) is 20.5 Å². The molecule has 0 radical (unpaired) electrons. The normalized spacial score (nSPS) is 11.3. The van der Waals surface area contributed by atoms with E-state index >= 15 is 0 Å². The number of para-hydroxylation sites is 1. The van der Waals surface area contributed by atoms with Crippen LogP contribution in [0.25, 0.3) is 10.9 Å². The van der Waals surface area contributed by atoms with Crippen LogP contribution in [0, 0.1) is 0 Å². The molecule has 5 heteroatoms. The molecule has 0 aliphatic heterocycles. The Kier molecular flexibility index (Phi) is 4.66. The van der Waals surface area contributed by atoms with Gasteiger partial charge in [0.25, 0.3) is 0 Å². The van der Waals surface area contributed by atoms with Gasteiger partial charge in [-0.05, 0) is 12.1 Å². The summed E-state index contributed by atoms with van der Waals surface area (Å²) in [5.74, 6) is 0.391. The van der Waals surface area contributed by atoms with Gasteiger partial charge in [-0.1, -0.05) is 72.8 Å². The van der Waals surface area contributed by atoms with Gasteiger partial charge in [-0.3, -0.25) is 10.2 Å². The fourth-order valence-corrected chi connectivity index (χ4v) is 2.77. The summed E-state index contributed by atoms with van der Waals surface area (Å²) >= 11 is 0. The summed E-state index contributed by atoms with van der Waals surface area (Å²) in [6, 6.07) is 26.1. The number of aromatic nitrogens is 2. The van der Waals surface area contributed by atoms with Gasteiger partial charge in [-0.15, -0.1) is 0 Å². The number of Topliss-reactive ketones (excluding diaryl/α,β-unsaturated/α-hetero) is 1. The number of ketones is 1. The van der Waals surface area contributed by atoms with Gasteiger partial charge in [0.2, 0.25) is 5.78 Å². The summed E-state index contributed by atoms with van der Waals surface area (Å²) in [5, 5.41) is 5.25. The van der Waals surface area contributed by atoms with Crippen molar-refractivity contribution >= 4 is 28.2 Å². The van der Waals surface area contributed by atoms with Crippen LogP contribution in [-0.4, -0.2) is 21.5 Å². The van der Waals surface area contributed by atoms with E-state index in [9.17, 15) is 4.79 Å². The van der Waals surface area contributed by atoms with Crippen molar-refractivity contribution in [3.05, 3.63) is 102 Å². The van der Waals surface area contributed by atoms with Crippen LogP contribution >= 0.6 is 0 Å². The maximum absolute atomic E-state index is 13.0. The Morgan fingerprint density at radius 3 is 2.11 bits per heavy atom. The minimum atomic E-state index is -0.160. The quantitative estimate of drug-likeness (QED) is 0.330. The molecule has 0 saturated carbocycles. The molecule has 3 aromatic carbocycles. The number of nitrogens with zero attached hydrogens (tertiary/aromatic N) is 3. The lowest BCUT2D eigenvalue weighted by Crippen LogP contribution is -2.17. The third-order valence-corrected chi connectivity index (χ3v) is 4.11. The molecule has 0 fully saturated rings. The van der Waals surface area contributed by atoms with Crippen molar-refractivity contribution in [3.63, 3.8) is 0 Å². The number of hydrogen-bond acceptors (Lipinski definition) is 5. The third-order valence-electron chi connectivity index (χ3n) is 4.11. The van der Waals surface area contributed by atoms with Gasteiger partial charge in [0.05, 0.1) is 5.52 Å². The second kappa shape index (κ2) is 7.58. The predicted molar refractivity (Wildman–Crippen MR) is 107 cm³/mol. The van der Waals surface area contributed by atoms with Crippen molar-refractivity contribution in [1.29, 1.82) is 0 Å². The summed E-state index contributed by atoms with van der Waals surface area (Å²) in [7, 11) is 0. The maximum atomic E-state index is 13.0. The van der Waals surface area contributed by atoms with E-state index in [4.69, 9.17) is 0 Å². The number of fused-ring (bicyclic) bond motifs is 1. The van der Waals surface area contributed by atoms with Gasteiger partial charge in [0.1, 0.15) is 12.0 Å². The van der Waals surface area contributed by atoms with Gasteiger partial charge in [0, 0.05) is 16.5 Å². The van der Waals surface area contributed by atoms with E-state index < -0.39 is 0 Å². The van der Waals surface area contributed by atoms with Crippen molar-refractivity contribution in [2.75, 3.05) is 5.43 Å². The summed E-state index contributed by atoms with van der Waals surface area (Å²) in [5.41, 5.74) is 5.39. The predicted octanol–water partition coefficient (Wildman–Crippen LogP) is 4.33. The number of nitrogens with one attached hydrogen (secondary N) is 1. The highest BCUT2D eigenvalue weighted by Gasteiger charge is 2.16. The molecular formula is C22H16N4O. The molecule has 0 unspecified atom stereocenters. The molecule has 130 valence electrons. The van der Waals surface area contributed by atoms with Gasteiger partial charge in [0.15, 0.2) is 5.82 Å². The number of anilines is 1. The first-order chi connectivity index (χ1) is 13.3. The number of carbonyl (C=O) groups is 1. The molecule has 4 aromatic rings. The number of benzene rings is 3. The fourth-order valence-electron chi connectivity index (χ4n) is 2.77. The van der Waals surface area contributed by atoms with E-state index in [-0.39, 0.29) is 5.78 Å². The molecule has 0 spiro atoms. The Balaban J connectivity index is 1.75. The van der Waals surface area contributed by atoms with Crippen LogP contribution in [-0.2, 0) is 0 Å². The minimum absolute atomic E-state index is 0.160. The van der Waals surface area contributed by atoms with E-state index in [0.29, 0.717) is 17.1 Å². The molecule has 5 nitrogen and oxygen atoms in total. The van der Waals surface area contributed by atoms with Crippen LogP contribution in [0.3, 0.4) is 0 Å². The third kappa shape index (κ3) is 3.57. The second-order valence-corrected chi connectivity index (χ2v) is 5.87. The largest absolute Gasteiger partial charge is 0.287 e. The van der Waals surface area contributed by atoms with Gasteiger partial charge >= 0.3 is 0 Å². The van der Waals surface area contributed by atoms with Crippen LogP contribution < -0.4 is 5.43 Å². The lowest BCUT2D eigenvalue weighted by molar-refractivity contribution is 0.106. The topological polar surface area (TPSA) is 67.2 Å². The summed E-state index contributed by atoms with van der Waals surface area (Å²) < 4.78 is 0. The van der Waals surface area contributed by atoms with Crippen molar-refractivity contribution < 1.29 is 4.79 Å². The Hall–Kier alpha value is -3.86. The van der Waals surface area contributed by atoms with Crippen LogP contribution in [0.4, 0.5) is 5.82 Å². The van der Waals surface area contributed by atoms with E-state index in [0.717, 1.165) is 16.5 Å². The zero-order chi connectivity index (χ0) is 18.5. The van der Waals surface area contributed by atoms with Crippen LogP contribution in [0.2, 0.25) is 0 Å². The highest BCUT2D eigenvalue weighted by atomic mass is 16.1. The lowest BCUT2D eigenvalue weighted by atomic mass is 10.0. The van der Waals surface area contributed by atoms with Gasteiger partial charge in [-0.2, -0.15) is 5.10 Å². The first kappa shape index (κ1) is 16.6. The fraction of sp³-hybridized carbons (Fsp3) is 0. The molecule has 1 aromatic heterocycles. The smallest absolute Gasteiger partial charge is 0.213 e. The Morgan fingerprint density at radius 2 is 1.37 bits per heavy atom. The highest BCUT2D eigenvalue weighted by Crippen LogP contribution is 2.19. The molecule has 0 bridgehead atoms. The van der Waals surface area contributed by atoms with Crippen molar-refractivity contribution in [1.82, 2.24) is 9.97 Å². The molecule has 0 aliphatic carbocycles. The number of hydrazone groups is 1. The van der Waals surface area contributed by atoms with Crippen molar-refractivity contribution in [2.45, 2.75) is 0 Å². The minimum Gasteiger partial charge on any atom is -0.287 e. The number of hydrogen-bond donors (Lipinski definition) is 1. The van der Waals surface area contributed by atoms with Crippen molar-refractivity contribution in [2.24, 2.45) is 5.10 Å². The van der Waals surface area contributed by atoms with Crippen LogP contribution in [0.15, 0.2) is 96.4 Å². The number of rotatable bonds is 5. The first-order valence-electron chi connectivity index (χ1n) is 8.51. The van der Waals surface area contributed by atoms with E-state index in [1.54, 1.807) is 12.1 Å². The Morgan fingerprint density at radius 1 is 0.741 bits per heavy atom. The lowest BCUT2D eigenvalue weighted by Gasteiger charge is -2.08. The van der Waals surface area contributed by atoms with Gasteiger partial charge < -0.3 is 0 Å². The maximum Gasteiger partial charge on any atom is 0.213 e. The zero-order valence-electron chi connectivity index (χ0n) is 14.4. The zero-order valence-corrected chi connectivity index (χ0v) is 14.4. The second-order valence-electron chi connectivity index (χ2n) is 5.87. The highest BCUT2D eigenvalue weighted by molar-refractivity contribution is 6.51. The SMILES string of the molecule is O=C(C(=NNc1ncnc2ccccc12)c1ccccc1)c1ccccc1. The molecule has 0 atom stereocenters. The van der Waals surface area contributed by atoms with Crippen LogP contribution in [0.1, 0.15) is 15.9 Å². The van der Waals surface area contributed by atoms with Gasteiger partial charge in [-0.25, -0.2) is 9.97 Å². The molecular weight excluding hydrogens is 336 g/mol. The molecule has 0 amide bonds. The molecule has 0 aliphatic rings. The Bertz CT molecular complexity index is 1100. The number of carbonyl (C=O) groups excluding carboxylic acids is 1.